The summed E-state index contributed by atoms with van der Waals surface area (Å²) in [5.74, 6) is 0.186. The van der Waals surface area contributed by atoms with E-state index in [4.69, 9.17) is 4.74 Å². The molecule has 1 fully saturated rings. The Labute approximate surface area is 110 Å². The van der Waals surface area contributed by atoms with Crippen molar-refractivity contribution in [2.45, 2.75) is 53.6 Å². The average molecular weight is 255 g/mol. The third kappa shape index (κ3) is 4.00. The maximum absolute atomic E-state index is 12.1. The van der Waals surface area contributed by atoms with Gasteiger partial charge in [-0.2, -0.15) is 0 Å². The summed E-state index contributed by atoms with van der Waals surface area (Å²) in [6, 6.07) is 0. The van der Waals surface area contributed by atoms with Gasteiger partial charge in [-0.25, -0.2) is 4.79 Å². The van der Waals surface area contributed by atoms with E-state index in [1.54, 1.807) is 4.90 Å². The molecule has 4 heteroatoms. The predicted molar refractivity (Wildman–Crippen MR) is 70.4 cm³/mol. The fourth-order valence-corrected chi connectivity index (χ4v) is 2.08. The first-order chi connectivity index (χ1) is 8.00. The van der Waals surface area contributed by atoms with Crippen LogP contribution in [0, 0.1) is 11.3 Å². The molecule has 0 aromatic heterocycles. The van der Waals surface area contributed by atoms with E-state index in [0.29, 0.717) is 13.1 Å². The molecule has 0 aromatic carbocycles. The minimum absolute atomic E-state index is 0.0440. The summed E-state index contributed by atoms with van der Waals surface area (Å²) in [5.41, 5.74) is -0.822. The number of nitrogens with zero attached hydrogens (tertiary/aromatic N) is 1. The first-order valence-electron chi connectivity index (χ1n) is 6.53. The van der Waals surface area contributed by atoms with E-state index in [-0.39, 0.29) is 23.2 Å². The molecule has 1 amide bonds. The molecule has 0 aromatic rings. The van der Waals surface area contributed by atoms with Gasteiger partial charge in [-0.05, 0) is 27.2 Å². The summed E-state index contributed by atoms with van der Waals surface area (Å²) in [5, 5.41) is 0. The fraction of sp³-hybridized carbons (Fsp3) is 0.857. The topological polar surface area (TPSA) is 46.6 Å². The highest BCUT2D eigenvalue weighted by Gasteiger charge is 2.37. The quantitative estimate of drug-likeness (QED) is 0.723. The van der Waals surface area contributed by atoms with Crippen LogP contribution in [-0.2, 0) is 9.53 Å². The van der Waals surface area contributed by atoms with Gasteiger partial charge in [0.05, 0.1) is 0 Å². The monoisotopic (exact) mass is 255 g/mol. The molecule has 0 radical (unpaired) electrons. The van der Waals surface area contributed by atoms with Gasteiger partial charge in [-0.3, -0.25) is 4.79 Å². The van der Waals surface area contributed by atoms with Gasteiger partial charge in [-0.15, -0.1) is 0 Å². The lowest BCUT2D eigenvalue weighted by atomic mass is 9.83. The zero-order chi connectivity index (χ0) is 14.1. The SMILES string of the molecule is CC(C)(C)OC(=O)N1CCC(C(=O)C(C)(C)C)C1. The minimum atomic E-state index is -0.483. The Bertz CT molecular complexity index is 336. The number of likely N-dealkylation sites (tertiary alicyclic amines) is 1. The predicted octanol–water partition coefficient (Wildman–Crippen LogP) is 2.86. The molecule has 4 nitrogen and oxygen atoms in total. The highest BCUT2D eigenvalue weighted by molar-refractivity contribution is 5.87. The number of amides is 1. The number of hydrogen-bond donors (Lipinski definition) is 0. The summed E-state index contributed by atoms with van der Waals surface area (Å²) in [4.78, 5) is 25.7. The molecule has 1 aliphatic rings. The van der Waals surface area contributed by atoms with Crippen LogP contribution in [0.15, 0.2) is 0 Å². The number of Topliss-reactive ketones (excluding diaryl/α,β-unsaturated/α-hetero) is 1. The molecule has 1 rings (SSSR count). The van der Waals surface area contributed by atoms with Crippen molar-refractivity contribution in [3.8, 4) is 0 Å². The van der Waals surface area contributed by atoms with Gasteiger partial charge in [0, 0.05) is 24.4 Å². The van der Waals surface area contributed by atoms with Crippen molar-refractivity contribution in [2.75, 3.05) is 13.1 Å². The van der Waals surface area contributed by atoms with Crippen molar-refractivity contribution in [2.24, 2.45) is 11.3 Å². The number of hydrogen-bond acceptors (Lipinski definition) is 3. The van der Waals surface area contributed by atoms with Gasteiger partial charge in [0.25, 0.3) is 0 Å². The summed E-state index contributed by atoms with van der Waals surface area (Å²) < 4.78 is 5.31. The van der Waals surface area contributed by atoms with E-state index in [2.05, 4.69) is 0 Å². The van der Waals surface area contributed by atoms with E-state index in [1.807, 2.05) is 41.5 Å². The molecule has 1 atom stereocenters. The third-order valence-electron chi connectivity index (χ3n) is 2.95. The Morgan fingerprint density at radius 3 is 2.11 bits per heavy atom. The summed E-state index contributed by atoms with van der Waals surface area (Å²) in [6.45, 7) is 12.4. The van der Waals surface area contributed by atoms with Gasteiger partial charge in [0.15, 0.2) is 0 Å². The zero-order valence-electron chi connectivity index (χ0n) is 12.4. The van der Waals surface area contributed by atoms with Crippen LogP contribution in [-0.4, -0.2) is 35.5 Å². The largest absolute Gasteiger partial charge is 0.444 e. The molecule has 104 valence electrons. The van der Waals surface area contributed by atoms with E-state index in [1.165, 1.54) is 0 Å². The fourth-order valence-electron chi connectivity index (χ4n) is 2.08. The van der Waals surface area contributed by atoms with Crippen molar-refractivity contribution < 1.29 is 14.3 Å². The molecule has 0 bridgehead atoms. The van der Waals surface area contributed by atoms with Gasteiger partial charge >= 0.3 is 6.09 Å². The number of ether oxygens (including phenoxy) is 1. The van der Waals surface area contributed by atoms with Crippen LogP contribution in [0.25, 0.3) is 0 Å². The number of carbonyl (C=O) groups is 2. The van der Waals surface area contributed by atoms with Gasteiger partial charge < -0.3 is 9.64 Å². The van der Waals surface area contributed by atoms with E-state index >= 15 is 0 Å². The Morgan fingerprint density at radius 1 is 1.11 bits per heavy atom. The summed E-state index contributed by atoms with van der Waals surface area (Å²) >= 11 is 0. The lowest BCUT2D eigenvalue weighted by Gasteiger charge is -2.25. The van der Waals surface area contributed by atoms with Gasteiger partial charge in [-0.1, -0.05) is 20.8 Å². The standard InChI is InChI=1S/C14H25NO3/c1-13(2,3)11(16)10-7-8-15(9-10)12(17)18-14(4,5)6/h10H,7-9H2,1-6H3. The second kappa shape index (κ2) is 4.90. The normalized spacial score (nSPS) is 21.0. The highest BCUT2D eigenvalue weighted by Crippen LogP contribution is 2.27. The van der Waals surface area contributed by atoms with Gasteiger partial charge in [0.1, 0.15) is 11.4 Å². The first kappa shape index (κ1) is 15.0. The number of rotatable bonds is 1. The van der Waals surface area contributed by atoms with Crippen LogP contribution < -0.4 is 0 Å². The average Bonchev–Trinajstić information content (AvgIpc) is 2.60. The smallest absolute Gasteiger partial charge is 0.410 e. The van der Waals surface area contributed by atoms with Crippen LogP contribution >= 0.6 is 0 Å². The molecule has 1 aliphatic heterocycles. The van der Waals surface area contributed by atoms with E-state index in [9.17, 15) is 9.59 Å². The molecule has 1 heterocycles. The van der Waals surface area contributed by atoms with Crippen molar-refractivity contribution in [3.63, 3.8) is 0 Å². The van der Waals surface area contributed by atoms with Crippen LogP contribution in [0.4, 0.5) is 4.79 Å². The Balaban J connectivity index is 2.57. The Kier molecular flexibility index (Phi) is 4.08. The third-order valence-corrected chi connectivity index (χ3v) is 2.95. The molecule has 18 heavy (non-hydrogen) atoms. The van der Waals surface area contributed by atoms with Crippen LogP contribution in [0.5, 0.6) is 0 Å². The zero-order valence-corrected chi connectivity index (χ0v) is 12.4. The Hall–Kier alpha value is -1.06. The molecule has 0 aliphatic carbocycles. The number of ketones is 1. The maximum atomic E-state index is 12.1. The van der Waals surface area contributed by atoms with E-state index in [0.717, 1.165) is 6.42 Å². The lowest BCUT2D eigenvalue weighted by molar-refractivity contribution is -0.129. The summed E-state index contributed by atoms with van der Waals surface area (Å²) in [6.07, 6.45) is 0.432. The van der Waals surface area contributed by atoms with Crippen molar-refractivity contribution in [3.05, 3.63) is 0 Å². The minimum Gasteiger partial charge on any atom is -0.444 e. The van der Waals surface area contributed by atoms with E-state index < -0.39 is 5.60 Å². The van der Waals surface area contributed by atoms with Crippen LogP contribution in [0.2, 0.25) is 0 Å². The second-order valence-electron chi connectivity index (χ2n) is 7.03. The van der Waals surface area contributed by atoms with Crippen molar-refractivity contribution in [1.29, 1.82) is 0 Å². The molecule has 1 saturated heterocycles. The van der Waals surface area contributed by atoms with Gasteiger partial charge in [0.2, 0.25) is 0 Å². The summed E-state index contributed by atoms with van der Waals surface area (Å²) in [7, 11) is 0. The first-order valence-corrected chi connectivity index (χ1v) is 6.53. The van der Waals surface area contributed by atoms with Crippen molar-refractivity contribution >= 4 is 11.9 Å². The van der Waals surface area contributed by atoms with Crippen LogP contribution in [0.1, 0.15) is 48.0 Å². The highest BCUT2D eigenvalue weighted by atomic mass is 16.6. The molecule has 0 spiro atoms. The lowest BCUT2D eigenvalue weighted by Crippen LogP contribution is -2.37. The second-order valence-corrected chi connectivity index (χ2v) is 7.03. The van der Waals surface area contributed by atoms with Crippen LogP contribution in [0.3, 0.4) is 0 Å². The molecule has 0 N–H and O–H groups in total. The van der Waals surface area contributed by atoms with Crippen molar-refractivity contribution in [1.82, 2.24) is 4.90 Å². The Morgan fingerprint density at radius 2 is 1.67 bits per heavy atom. The maximum Gasteiger partial charge on any atom is 0.410 e. The molecular weight excluding hydrogens is 230 g/mol. The molecular formula is C14H25NO3. The molecule has 1 unspecified atom stereocenters. The molecule has 0 saturated carbocycles. The number of carbonyl (C=O) groups excluding carboxylic acids is 2.